The molecular formula is C13H18ClNO2S. The molecule has 0 saturated carbocycles. The van der Waals surface area contributed by atoms with Gasteiger partial charge in [-0.25, -0.2) is 0 Å². The van der Waals surface area contributed by atoms with Crippen LogP contribution < -0.4 is 0 Å². The van der Waals surface area contributed by atoms with E-state index in [2.05, 4.69) is 4.90 Å². The monoisotopic (exact) mass is 287 g/mol. The van der Waals surface area contributed by atoms with Gasteiger partial charge in [0.1, 0.15) is 5.92 Å². The van der Waals surface area contributed by atoms with Crippen LogP contribution >= 0.6 is 22.9 Å². The molecule has 1 N–H and O–H groups in total. The minimum atomic E-state index is -0.752. The number of aliphatic carboxylic acids is 1. The van der Waals surface area contributed by atoms with Gasteiger partial charge in [0.05, 0.1) is 4.34 Å². The number of likely N-dealkylation sites (tertiary alicyclic amines) is 1. The highest BCUT2D eigenvalue weighted by Gasteiger charge is 2.24. The first-order valence-corrected chi connectivity index (χ1v) is 7.56. The molecule has 1 aromatic rings. The van der Waals surface area contributed by atoms with Crippen LogP contribution in [-0.4, -0.2) is 35.6 Å². The van der Waals surface area contributed by atoms with Crippen molar-refractivity contribution < 1.29 is 9.90 Å². The first-order valence-electron chi connectivity index (χ1n) is 6.37. The van der Waals surface area contributed by atoms with Gasteiger partial charge in [-0.2, -0.15) is 0 Å². The Kier molecular flexibility index (Phi) is 5.03. The van der Waals surface area contributed by atoms with Crippen LogP contribution in [0.3, 0.4) is 0 Å². The van der Waals surface area contributed by atoms with Crippen LogP contribution in [0.15, 0.2) is 12.1 Å². The molecule has 0 aliphatic carbocycles. The first kappa shape index (κ1) is 13.8. The van der Waals surface area contributed by atoms with E-state index in [0.29, 0.717) is 10.9 Å². The maximum atomic E-state index is 11.4. The lowest BCUT2D eigenvalue weighted by molar-refractivity contribution is -0.139. The standard InChI is InChI=1S/C13H18ClNO2S/c14-12-6-5-11(18-12)10(13(16)17)9-15-7-3-1-2-4-8-15/h5-6,10H,1-4,7-9H2,(H,16,17). The van der Waals surface area contributed by atoms with Gasteiger partial charge in [0.25, 0.3) is 0 Å². The van der Waals surface area contributed by atoms with Gasteiger partial charge >= 0.3 is 5.97 Å². The number of rotatable bonds is 4. The van der Waals surface area contributed by atoms with Crippen molar-refractivity contribution in [3.05, 3.63) is 21.3 Å². The molecule has 100 valence electrons. The van der Waals surface area contributed by atoms with Crippen LogP contribution in [-0.2, 0) is 4.79 Å². The van der Waals surface area contributed by atoms with E-state index in [1.165, 1.54) is 37.0 Å². The molecule has 1 atom stereocenters. The van der Waals surface area contributed by atoms with Crippen molar-refractivity contribution in [3.63, 3.8) is 0 Å². The Bertz CT molecular complexity index is 399. The van der Waals surface area contributed by atoms with Gasteiger partial charge in [-0.1, -0.05) is 24.4 Å². The minimum Gasteiger partial charge on any atom is -0.481 e. The predicted octanol–water partition coefficient (Wildman–Crippen LogP) is 3.45. The van der Waals surface area contributed by atoms with Crippen molar-refractivity contribution in [2.24, 2.45) is 0 Å². The summed E-state index contributed by atoms with van der Waals surface area (Å²) in [5, 5.41) is 9.37. The average molecular weight is 288 g/mol. The zero-order valence-electron chi connectivity index (χ0n) is 10.3. The highest BCUT2D eigenvalue weighted by molar-refractivity contribution is 7.16. The molecule has 1 fully saturated rings. The fraction of sp³-hybridized carbons (Fsp3) is 0.615. The molecule has 0 radical (unpaired) electrons. The summed E-state index contributed by atoms with van der Waals surface area (Å²) in [6.07, 6.45) is 4.88. The van der Waals surface area contributed by atoms with Gasteiger partial charge in [-0.05, 0) is 38.1 Å². The molecule has 1 saturated heterocycles. The third kappa shape index (κ3) is 3.70. The van der Waals surface area contributed by atoms with Crippen LogP contribution in [0.5, 0.6) is 0 Å². The van der Waals surface area contributed by atoms with Crippen molar-refractivity contribution in [2.75, 3.05) is 19.6 Å². The third-order valence-corrected chi connectivity index (χ3v) is 4.72. The highest BCUT2D eigenvalue weighted by atomic mass is 35.5. The van der Waals surface area contributed by atoms with Crippen molar-refractivity contribution in [2.45, 2.75) is 31.6 Å². The molecule has 1 unspecified atom stereocenters. The minimum absolute atomic E-state index is 0.444. The SMILES string of the molecule is O=C(O)C(CN1CCCCCC1)c1ccc(Cl)s1. The van der Waals surface area contributed by atoms with E-state index in [0.717, 1.165) is 18.0 Å². The Morgan fingerprint density at radius 2 is 2.00 bits per heavy atom. The van der Waals surface area contributed by atoms with E-state index in [-0.39, 0.29) is 0 Å². The number of carbonyl (C=O) groups is 1. The maximum Gasteiger partial charge on any atom is 0.313 e. The molecule has 18 heavy (non-hydrogen) atoms. The lowest BCUT2D eigenvalue weighted by atomic mass is 10.1. The van der Waals surface area contributed by atoms with Gasteiger partial charge in [-0.15, -0.1) is 11.3 Å². The van der Waals surface area contributed by atoms with Crippen molar-refractivity contribution in [1.29, 1.82) is 0 Å². The maximum absolute atomic E-state index is 11.4. The molecule has 1 aliphatic heterocycles. The van der Waals surface area contributed by atoms with E-state index >= 15 is 0 Å². The van der Waals surface area contributed by atoms with Crippen LogP contribution in [0, 0.1) is 0 Å². The Morgan fingerprint density at radius 1 is 1.33 bits per heavy atom. The summed E-state index contributed by atoms with van der Waals surface area (Å²) < 4.78 is 0.659. The summed E-state index contributed by atoms with van der Waals surface area (Å²) in [6, 6.07) is 3.61. The number of hydrogen-bond acceptors (Lipinski definition) is 3. The molecule has 0 amide bonds. The van der Waals surface area contributed by atoms with Crippen molar-refractivity contribution in [1.82, 2.24) is 4.90 Å². The van der Waals surface area contributed by atoms with E-state index < -0.39 is 11.9 Å². The van der Waals surface area contributed by atoms with Gasteiger partial charge in [-0.3, -0.25) is 4.79 Å². The molecule has 0 bridgehead atoms. The van der Waals surface area contributed by atoms with Gasteiger partial charge in [0.2, 0.25) is 0 Å². The van der Waals surface area contributed by atoms with Crippen LogP contribution in [0.1, 0.15) is 36.5 Å². The zero-order valence-corrected chi connectivity index (χ0v) is 11.8. The zero-order chi connectivity index (χ0) is 13.0. The summed E-state index contributed by atoms with van der Waals surface area (Å²) in [6.45, 7) is 2.64. The van der Waals surface area contributed by atoms with E-state index in [9.17, 15) is 9.90 Å². The van der Waals surface area contributed by atoms with Crippen LogP contribution in [0.2, 0.25) is 4.34 Å². The lowest BCUT2D eigenvalue weighted by Crippen LogP contribution is -2.32. The molecule has 1 aromatic heterocycles. The fourth-order valence-electron chi connectivity index (χ4n) is 2.38. The van der Waals surface area contributed by atoms with Gasteiger partial charge < -0.3 is 10.0 Å². The quantitative estimate of drug-likeness (QED) is 0.922. The Balaban J connectivity index is 2.04. The van der Waals surface area contributed by atoms with Crippen LogP contribution in [0.25, 0.3) is 0 Å². The summed E-state index contributed by atoms with van der Waals surface area (Å²) in [7, 11) is 0. The van der Waals surface area contributed by atoms with E-state index in [1.54, 1.807) is 6.07 Å². The summed E-state index contributed by atoms with van der Waals surface area (Å²) >= 11 is 7.27. The highest BCUT2D eigenvalue weighted by Crippen LogP contribution is 2.29. The predicted molar refractivity (Wildman–Crippen MR) is 74.6 cm³/mol. The molecule has 0 spiro atoms. The molecule has 2 heterocycles. The number of hydrogen-bond donors (Lipinski definition) is 1. The van der Waals surface area contributed by atoms with E-state index in [1.807, 2.05) is 6.07 Å². The lowest BCUT2D eigenvalue weighted by Gasteiger charge is -2.23. The number of carboxylic acid groups (broad SMARTS) is 1. The number of thiophene rings is 1. The van der Waals surface area contributed by atoms with Gasteiger partial charge in [0.15, 0.2) is 0 Å². The van der Waals surface area contributed by atoms with Crippen molar-refractivity contribution >= 4 is 28.9 Å². The summed E-state index contributed by atoms with van der Waals surface area (Å²) in [4.78, 5) is 14.5. The van der Waals surface area contributed by atoms with Gasteiger partial charge in [0, 0.05) is 11.4 Å². The molecule has 2 rings (SSSR count). The molecule has 0 aromatic carbocycles. The van der Waals surface area contributed by atoms with Crippen molar-refractivity contribution in [3.8, 4) is 0 Å². The average Bonchev–Trinajstić information content (AvgIpc) is 2.61. The first-order chi connectivity index (χ1) is 8.66. The molecular weight excluding hydrogens is 270 g/mol. The second kappa shape index (κ2) is 6.55. The van der Waals surface area contributed by atoms with E-state index in [4.69, 9.17) is 11.6 Å². The third-order valence-electron chi connectivity index (χ3n) is 3.37. The molecule has 1 aliphatic rings. The Labute approximate surface area is 116 Å². The Morgan fingerprint density at radius 3 is 2.50 bits per heavy atom. The number of carboxylic acids is 1. The fourth-order valence-corrected chi connectivity index (χ4v) is 3.53. The smallest absolute Gasteiger partial charge is 0.313 e. The largest absolute Gasteiger partial charge is 0.481 e. The number of halogens is 1. The molecule has 3 nitrogen and oxygen atoms in total. The normalized spacial score (nSPS) is 19.4. The Hall–Kier alpha value is -0.580. The second-order valence-electron chi connectivity index (χ2n) is 4.75. The summed E-state index contributed by atoms with van der Waals surface area (Å²) in [5.41, 5.74) is 0. The van der Waals surface area contributed by atoms with Crippen LogP contribution in [0.4, 0.5) is 0 Å². The second-order valence-corrected chi connectivity index (χ2v) is 6.49. The summed E-state index contributed by atoms with van der Waals surface area (Å²) in [5.74, 6) is -1.20. The number of nitrogens with zero attached hydrogens (tertiary/aromatic N) is 1. The molecule has 5 heteroatoms. The topological polar surface area (TPSA) is 40.5 Å².